The van der Waals surface area contributed by atoms with Crippen LogP contribution in [0.1, 0.15) is 55.6 Å². The smallest absolute Gasteiger partial charge is 0.0463 e. The maximum absolute atomic E-state index is 3.65. The third-order valence-electron chi connectivity index (χ3n) is 15.0. The molecular formula is C77H62N2. The Morgan fingerprint density at radius 2 is 0.354 bits per heavy atom. The molecule has 2 heteroatoms. The largest absolute Gasteiger partial charge is 0.356 e. The quantitative estimate of drug-likeness (QED) is 0.0921. The highest BCUT2D eigenvalue weighted by Crippen LogP contribution is 2.37. The molecule has 0 aliphatic rings. The van der Waals surface area contributed by atoms with Crippen molar-refractivity contribution in [2.75, 3.05) is 10.2 Å². The topological polar surface area (TPSA) is 15.3 Å². The summed E-state index contributed by atoms with van der Waals surface area (Å²) in [6.07, 6.45) is 4.54. The molecule has 1 N–H and O–H groups in total. The molecule has 12 aromatic rings. The van der Waals surface area contributed by atoms with Crippen molar-refractivity contribution in [3.05, 3.63) is 365 Å². The van der Waals surface area contributed by atoms with Crippen LogP contribution in [0.5, 0.6) is 0 Å². The van der Waals surface area contributed by atoms with Gasteiger partial charge in [-0.3, -0.25) is 0 Å². The van der Waals surface area contributed by atoms with Crippen LogP contribution < -0.4 is 10.2 Å². The first-order valence-corrected chi connectivity index (χ1v) is 27.6. The lowest BCUT2D eigenvalue weighted by Crippen LogP contribution is -2.10. The molecule has 380 valence electrons. The van der Waals surface area contributed by atoms with Crippen molar-refractivity contribution in [2.24, 2.45) is 0 Å². The molecule has 2 nitrogen and oxygen atoms in total. The number of nitrogens with one attached hydrogen (secondary N) is 1. The van der Waals surface area contributed by atoms with Crippen LogP contribution in [0, 0.1) is 0 Å². The fourth-order valence-electron chi connectivity index (χ4n) is 10.6. The maximum Gasteiger partial charge on any atom is 0.0463 e. The highest BCUT2D eigenvalue weighted by atomic mass is 15.1. The molecule has 0 spiro atoms. The fourth-order valence-corrected chi connectivity index (χ4v) is 10.6. The highest BCUT2D eigenvalue weighted by molar-refractivity contribution is 5.78. The first-order valence-electron chi connectivity index (χ1n) is 27.6. The Balaban J connectivity index is 0.734. The Hall–Kier alpha value is -9.76. The molecular weight excluding hydrogens is 953 g/mol. The molecule has 0 fully saturated rings. The summed E-state index contributed by atoms with van der Waals surface area (Å²) in [6.45, 7) is 0. The van der Waals surface area contributed by atoms with Gasteiger partial charge in [-0.05, 0) is 182 Å². The van der Waals surface area contributed by atoms with Gasteiger partial charge in [0.25, 0.3) is 0 Å². The van der Waals surface area contributed by atoms with E-state index in [-0.39, 0.29) is 0 Å². The molecule has 0 atom stereocenters. The number of rotatable bonds is 18. The average molecular weight is 1020 g/mol. The van der Waals surface area contributed by atoms with Gasteiger partial charge in [0.2, 0.25) is 0 Å². The van der Waals surface area contributed by atoms with Crippen molar-refractivity contribution in [3.63, 3.8) is 0 Å². The zero-order valence-electron chi connectivity index (χ0n) is 44.4. The van der Waals surface area contributed by atoms with Gasteiger partial charge in [-0.25, -0.2) is 0 Å². The number of benzene rings is 12. The molecule has 12 aromatic carbocycles. The van der Waals surface area contributed by atoms with Gasteiger partial charge in [-0.1, -0.05) is 249 Å². The molecule has 0 radical (unpaired) electrons. The van der Waals surface area contributed by atoms with E-state index in [1.165, 1.54) is 89.0 Å². The molecule has 0 unspecified atom stereocenters. The van der Waals surface area contributed by atoms with E-state index >= 15 is 0 Å². The normalized spacial score (nSPS) is 11.0. The standard InChI is InChI=1S/C77H62N2/c1-4-10-57(11-5-1)52-60-16-30-67(31-17-60)69-34-22-63(23-35-69)55-65-26-46-75(47-27-65)79(76-48-28-66(29-49-76)56-64-24-36-70(37-25-64)68-32-18-61(19-33-68)53-58-12-6-2-7-13-58)77-50-44-74(45-51-77)78-73-42-40-72(41-43-73)71-38-20-62(21-39-71)54-59-14-8-3-9-15-59/h1-51,78H,52-56H2. The minimum absolute atomic E-state index is 0.857. The molecule has 0 heterocycles. The summed E-state index contributed by atoms with van der Waals surface area (Å²) in [6, 6.07) is 113. The van der Waals surface area contributed by atoms with E-state index < -0.39 is 0 Å². The number of hydrogen-bond donors (Lipinski definition) is 1. The molecule has 0 bridgehead atoms. The lowest BCUT2D eigenvalue weighted by Gasteiger charge is -2.26. The molecule has 79 heavy (non-hydrogen) atoms. The second-order valence-corrected chi connectivity index (χ2v) is 20.7. The van der Waals surface area contributed by atoms with Crippen molar-refractivity contribution in [3.8, 4) is 33.4 Å². The van der Waals surface area contributed by atoms with Crippen LogP contribution in [-0.4, -0.2) is 0 Å². The summed E-state index contributed by atoms with van der Waals surface area (Å²) in [4.78, 5) is 2.36. The highest BCUT2D eigenvalue weighted by Gasteiger charge is 2.14. The third kappa shape index (κ3) is 12.9. The predicted molar refractivity (Wildman–Crippen MR) is 333 cm³/mol. The van der Waals surface area contributed by atoms with Crippen LogP contribution in [0.4, 0.5) is 28.4 Å². The molecule has 0 saturated carbocycles. The van der Waals surface area contributed by atoms with Crippen LogP contribution in [0.3, 0.4) is 0 Å². The second kappa shape index (κ2) is 24.1. The zero-order chi connectivity index (χ0) is 53.0. The van der Waals surface area contributed by atoms with E-state index in [2.05, 4.69) is 320 Å². The summed E-state index contributed by atoms with van der Waals surface area (Å²) in [5.74, 6) is 0. The van der Waals surface area contributed by atoms with E-state index in [0.29, 0.717) is 0 Å². The molecule has 0 saturated heterocycles. The summed E-state index contributed by atoms with van der Waals surface area (Å²) >= 11 is 0. The Morgan fingerprint density at radius 3 is 0.595 bits per heavy atom. The number of hydrogen-bond acceptors (Lipinski definition) is 2. The minimum atomic E-state index is 0.857. The minimum Gasteiger partial charge on any atom is -0.356 e. The van der Waals surface area contributed by atoms with Crippen molar-refractivity contribution in [1.82, 2.24) is 0 Å². The second-order valence-electron chi connectivity index (χ2n) is 20.7. The molecule has 0 aliphatic heterocycles. The van der Waals surface area contributed by atoms with E-state index in [0.717, 1.165) is 60.5 Å². The van der Waals surface area contributed by atoms with Crippen LogP contribution in [-0.2, 0) is 32.1 Å². The van der Waals surface area contributed by atoms with E-state index in [1.807, 2.05) is 0 Å². The summed E-state index contributed by atoms with van der Waals surface area (Å²) in [5.41, 5.74) is 25.8. The molecule has 0 amide bonds. The zero-order valence-corrected chi connectivity index (χ0v) is 44.4. The predicted octanol–water partition coefficient (Wildman–Crippen LogP) is 19.9. The average Bonchev–Trinajstić information content (AvgIpc) is 3.51. The fraction of sp³-hybridized carbons (Fsp3) is 0.0649. The van der Waals surface area contributed by atoms with Crippen molar-refractivity contribution < 1.29 is 0 Å². The van der Waals surface area contributed by atoms with Crippen LogP contribution in [0.25, 0.3) is 33.4 Å². The lowest BCUT2D eigenvalue weighted by atomic mass is 9.98. The Bertz CT molecular complexity index is 3400. The summed E-state index contributed by atoms with van der Waals surface area (Å²) in [5, 5.41) is 3.65. The monoisotopic (exact) mass is 1010 g/mol. The lowest BCUT2D eigenvalue weighted by molar-refractivity contribution is 1.17. The first kappa shape index (κ1) is 50.1. The SMILES string of the molecule is c1ccc(Cc2ccc(-c3ccc(Cc4ccc(N(c5ccc(Cc6ccc(-c7ccc(Cc8ccccc8)cc7)cc6)cc5)c5ccc(Nc6ccc(-c7ccc(Cc8ccccc8)cc7)cc6)cc5)cc4)cc3)cc2)cc1. The van der Waals surface area contributed by atoms with E-state index in [9.17, 15) is 0 Å². The third-order valence-corrected chi connectivity index (χ3v) is 15.0. The van der Waals surface area contributed by atoms with Gasteiger partial charge in [-0.2, -0.15) is 0 Å². The van der Waals surface area contributed by atoms with Gasteiger partial charge in [0.15, 0.2) is 0 Å². The van der Waals surface area contributed by atoms with Gasteiger partial charge in [0.05, 0.1) is 0 Å². The first-order chi connectivity index (χ1) is 39.0. The Morgan fingerprint density at radius 1 is 0.177 bits per heavy atom. The molecule has 0 aliphatic carbocycles. The van der Waals surface area contributed by atoms with Crippen LogP contribution in [0.15, 0.2) is 309 Å². The Labute approximate surface area is 466 Å². The van der Waals surface area contributed by atoms with Gasteiger partial charge in [0, 0.05) is 28.4 Å². The van der Waals surface area contributed by atoms with Gasteiger partial charge in [0.1, 0.15) is 0 Å². The van der Waals surface area contributed by atoms with Gasteiger partial charge < -0.3 is 10.2 Å². The number of nitrogens with zero attached hydrogens (tertiary/aromatic N) is 1. The molecule has 12 rings (SSSR count). The summed E-state index contributed by atoms with van der Waals surface area (Å²) in [7, 11) is 0. The number of anilines is 5. The van der Waals surface area contributed by atoms with Gasteiger partial charge in [-0.15, -0.1) is 0 Å². The summed E-state index contributed by atoms with van der Waals surface area (Å²) < 4.78 is 0. The van der Waals surface area contributed by atoms with Crippen molar-refractivity contribution in [1.29, 1.82) is 0 Å². The van der Waals surface area contributed by atoms with E-state index in [4.69, 9.17) is 0 Å². The maximum atomic E-state index is 3.65. The van der Waals surface area contributed by atoms with Crippen molar-refractivity contribution in [2.45, 2.75) is 32.1 Å². The van der Waals surface area contributed by atoms with Crippen LogP contribution >= 0.6 is 0 Å². The molecule has 0 aromatic heterocycles. The van der Waals surface area contributed by atoms with Crippen molar-refractivity contribution >= 4 is 28.4 Å². The van der Waals surface area contributed by atoms with E-state index in [1.54, 1.807) is 0 Å². The van der Waals surface area contributed by atoms with Gasteiger partial charge >= 0.3 is 0 Å². The van der Waals surface area contributed by atoms with Crippen LogP contribution in [0.2, 0.25) is 0 Å². The Kier molecular flexibility index (Phi) is 15.3.